The van der Waals surface area contributed by atoms with Crippen LogP contribution < -0.4 is 16.4 Å². The predicted octanol–water partition coefficient (Wildman–Crippen LogP) is 1.64. The first-order chi connectivity index (χ1) is 8.93. The molecule has 1 unspecified atom stereocenters. The number of hydrogen-bond acceptors (Lipinski definition) is 3. The third-order valence-corrected chi connectivity index (χ3v) is 2.99. The lowest BCUT2D eigenvalue weighted by atomic mass is 10.2. The quantitative estimate of drug-likeness (QED) is 0.773. The Morgan fingerprint density at radius 2 is 2.05 bits per heavy atom. The molecule has 1 aromatic rings. The van der Waals surface area contributed by atoms with Crippen molar-refractivity contribution in [3.8, 4) is 0 Å². The molecule has 0 radical (unpaired) electrons. The predicted molar refractivity (Wildman–Crippen MR) is 76.3 cm³/mol. The lowest BCUT2D eigenvalue weighted by Crippen LogP contribution is -2.38. The molecule has 0 aliphatic heterocycles. The Balaban J connectivity index is 2.52. The highest BCUT2D eigenvalue weighted by atomic mass is 35.5. The van der Waals surface area contributed by atoms with Crippen LogP contribution in [-0.2, 0) is 9.59 Å². The molecule has 7 heteroatoms. The van der Waals surface area contributed by atoms with E-state index in [0.717, 1.165) is 0 Å². The number of carbonyl (C=O) groups is 2. The van der Waals surface area contributed by atoms with Gasteiger partial charge in [-0.3, -0.25) is 9.59 Å². The number of anilines is 1. The van der Waals surface area contributed by atoms with Gasteiger partial charge in [0.1, 0.15) is 0 Å². The fourth-order valence-electron chi connectivity index (χ4n) is 1.24. The zero-order chi connectivity index (χ0) is 14.4. The molecule has 1 atom stereocenters. The summed E-state index contributed by atoms with van der Waals surface area (Å²) in [7, 11) is 0. The molecule has 0 saturated heterocycles. The van der Waals surface area contributed by atoms with Gasteiger partial charge in [0, 0.05) is 17.5 Å². The molecule has 0 aliphatic rings. The minimum atomic E-state index is -0.387. The minimum Gasteiger partial charge on any atom is -0.347 e. The Kier molecular flexibility index (Phi) is 6.08. The molecule has 0 spiro atoms. The van der Waals surface area contributed by atoms with Gasteiger partial charge in [0.05, 0.1) is 17.3 Å². The summed E-state index contributed by atoms with van der Waals surface area (Å²) in [5, 5.41) is 5.88. The van der Waals surface area contributed by atoms with Gasteiger partial charge in [0.2, 0.25) is 11.8 Å². The monoisotopic (exact) mass is 303 g/mol. The first-order valence-electron chi connectivity index (χ1n) is 5.66. The number of nitrogens with one attached hydrogen (secondary N) is 2. The van der Waals surface area contributed by atoms with E-state index in [0.29, 0.717) is 15.7 Å². The van der Waals surface area contributed by atoms with E-state index in [9.17, 15) is 9.59 Å². The Morgan fingerprint density at radius 3 is 2.68 bits per heavy atom. The second-order valence-corrected chi connectivity index (χ2v) is 4.87. The maximum atomic E-state index is 11.6. The molecular formula is C12H15Cl2N3O2. The zero-order valence-electron chi connectivity index (χ0n) is 10.4. The molecule has 1 rings (SSSR count). The number of rotatable bonds is 5. The van der Waals surface area contributed by atoms with Crippen molar-refractivity contribution < 1.29 is 9.59 Å². The topological polar surface area (TPSA) is 84.2 Å². The molecule has 4 N–H and O–H groups in total. The summed E-state index contributed by atoms with van der Waals surface area (Å²) in [6, 6.07) is 4.73. The van der Waals surface area contributed by atoms with Crippen molar-refractivity contribution in [3.05, 3.63) is 28.2 Å². The fourth-order valence-corrected chi connectivity index (χ4v) is 1.57. The smallest absolute Gasteiger partial charge is 0.243 e. The van der Waals surface area contributed by atoms with Gasteiger partial charge in [-0.15, -0.1) is 0 Å². The summed E-state index contributed by atoms with van der Waals surface area (Å²) in [5.74, 6) is -0.987. The number of hydrogen-bond donors (Lipinski definition) is 3. The molecule has 1 aromatic carbocycles. The molecule has 2 amide bonds. The third kappa shape index (κ3) is 5.06. The van der Waals surface area contributed by atoms with Crippen LogP contribution in [0.4, 0.5) is 5.69 Å². The molecule has 0 aromatic heterocycles. The van der Waals surface area contributed by atoms with E-state index in [4.69, 9.17) is 28.9 Å². The van der Waals surface area contributed by atoms with Gasteiger partial charge in [-0.25, -0.2) is 0 Å². The minimum absolute atomic E-state index is 0.147. The van der Waals surface area contributed by atoms with E-state index in [-0.39, 0.29) is 30.8 Å². The van der Waals surface area contributed by atoms with Gasteiger partial charge in [0.15, 0.2) is 0 Å². The van der Waals surface area contributed by atoms with Crippen molar-refractivity contribution in [1.29, 1.82) is 0 Å². The fraction of sp³-hybridized carbons (Fsp3) is 0.333. The summed E-state index contributed by atoms with van der Waals surface area (Å²) in [6.45, 7) is 1.76. The van der Waals surface area contributed by atoms with Crippen LogP contribution in [0.25, 0.3) is 0 Å². The molecule has 0 aliphatic carbocycles. The Hall–Kier alpha value is -1.30. The van der Waals surface area contributed by atoms with Crippen molar-refractivity contribution in [2.75, 3.05) is 18.4 Å². The molecule has 19 heavy (non-hydrogen) atoms. The van der Waals surface area contributed by atoms with Gasteiger partial charge < -0.3 is 16.4 Å². The third-order valence-electron chi connectivity index (χ3n) is 2.43. The lowest BCUT2D eigenvalue weighted by molar-refractivity contribution is -0.126. The van der Waals surface area contributed by atoms with E-state index in [1.165, 1.54) is 6.07 Å². The molecule has 5 nitrogen and oxygen atoms in total. The average Bonchev–Trinajstić information content (AvgIpc) is 2.39. The summed E-state index contributed by atoms with van der Waals surface area (Å²) >= 11 is 11.7. The van der Waals surface area contributed by atoms with E-state index < -0.39 is 0 Å². The highest BCUT2D eigenvalue weighted by Crippen LogP contribution is 2.25. The number of halogens is 2. The molecule has 0 bridgehead atoms. The maximum absolute atomic E-state index is 11.6. The number of nitrogens with two attached hydrogens (primary N) is 1. The van der Waals surface area contributed by atoms with E-state index >= 15 is 0 Å². The largest absolute Gasteiger partial charge is 0.347 e. The van der Waals surface area contributed by atoms with Crippen LogP contribution in [0.15, 0.2) is 18.2 Å². The van der Waals surface area contributed by atoms with Crippen molar-refractivity contribution in [2.45, 2.75) is 6.92 Å². The summed E-state index contributed by atoms with van der Waals surface area (Å²) < 4.78 is 0. The van der Waals surface area contributed by atoms with Crippen molar-refractivity contribution >= 4 is 40.7 Å². The highest BCUT2D eigenvalue weighted by molar-refractivity contribution is 6.35. The van der Waals surface area contributed by atoms with Crippen molar-refractivity contribution in [2.24, 2.45) is 11.7 Å². The molecular weight excluding hydrogens is 289 g/mol. The first-order valence-corrected chi connectivity index (χ1v) is 6.42. The van der Waals surface area contributed by atoms with Gasteiger partial charge in [0.25, 0.3) is 0 Å². The van der Waals surface area contributed by atoms with Crippen molar-refractivity contribution in [3.63, 3.8) is 0 Å². The van der Waals surface area contributed by atoms with Gasteiger partial charge in [-0.05, 0) is 18.2 Å². The molecule has 0 fully saturated rings. The second-order valence-electron chi connectivity index (χ2n) is 4.03. The van der Waals surface area contributed by atoms with E-state index in [2.05, 4.69) is 10.6 Å². The Bertz CT molecular complexity index is 480. The van der Waals surface area contributed by atoms with Crippen LogP contribution in [0.1, 0.15) is 6.92 Å². The highest BCUT2D eigenvalue weighted by Gasteiger charge is 2.12. The van der Waals surface area contributed by atoms with Crippen LogP contribution in [0, 0.1) is 5.92 Å². The zero-order valence-corrected chi connectivity index (χ0v) is 11.9. The molecule has 0 heterocycles. The number of amides is 2. The average molecular weight is 304 g/mol. The van der Waals surface area contributed by atoms with Gasteiger partial charge >= 0.3 is 0 Å². The van der Waals surface area contributed by atoms with Gasteiger partial charge in [-0.1, -0.05) is 30.1 Å². The van der Waals surface area contributed by atoms with E-state index in [1.807, 2.05) is 0 Å². The summed E-state index contributed by atoms with van der Waals surface area (Å²) in [4.78, 5) is 23.1. The van der Waals surface area contributed by atoms with Crippen LogP contribution >= 0.6 is 23.2 Å². The molecule has 104 valence electrons. The second kappa shape index (κ2) is 7.33. The normalized spacial score (nSPS) is 11.8. The van der Waals surface area contributed by atoms with Gasteiger partial charge in [-0.2, -0.15) is 0 Å². The number of benzene rings is 1. The maximum Gasteiger partial charge on any atom is 0.243 e. The van der Waals surface area contributed by atoms with Crippen LogP contribution in [0.5, 0.6) is 0 Å². The molecule has 0 saturated carbocycles. The van der Waals surface area contributed by atoms with Crippen LogP contribution in [-0.4, -0.2) is 24.9 Å². The van der Waals surface area contributed by atoms with E-state index in [1.54, 1.807) is 19.1 Å². The summed E-state index contributed by atoms with van der Waals surface area (Å²) in [6.07, 6.45) is 0. The van der Waals surface area contributed by atoms with Crippen LogP contribution in [0.3, 0.4) is 0 Å². The lowest BCUT2D eigenvalue weighted by Gasteiger charge is -2.11. The van der Waals surface area contributed by atoms with Crippen LogP contribution in [0.2, 0.25) is 10.0 Å². The number of carbonyl (C=O) groups excluding carboxylic acids is 2. The SMILES string of the molecule is CC(CN)C(=O)NCC(=O)Nc1cc(Cl)ccc1Cl. The Morgan fingerprint density at radius 1 is 1.37 bits per heavy atom. The summed E-state index contributed by atoms with van der Waals surface area (Å²) in [5.41, 5.74) is 5.75. The van der Waals surface area contributed by atoms with Crippen molar-refractivity contribution in [1.82, 2.24) is 5.32 Å². The first kappa shape index (κ1) is 15.8. The standard InChI is InChI=1S/C12H15Cl2N3O2/c1-7(5-15)12(19)16-6-11(18)17-10-4-8(13)2-3-9(10)14/h2-4,7H,5-6,15H2,1H3,(H,16,19)(H,17,18). The Labute approximate surface area is 121 Å².